The SMILES string of the molecule is CC(C)CN1CCC(OC2CCNCC2)CC1(C)C. The van der Waals surface area contributed by atoms with Crippen molar-refractivity contribution in [1.29, 1.82) is 0 Å². The molecule has 1 unspecified atom stereocenters. The normalized spacial score (nSPS) is 29.8. The minimum Gasteiger partial charge on any atom is -0.375 e. The van der Waals surface area contributed by atoms with E-state index in [4.69, 9.17) is 4.74 Å². The molecule has 1 atom stereocenters. The summed E-state index contributed by atoms with van der Waals surface area (Å²) in [6.45, 7) is 14.1. The van der Waals surface area contributed by atoms with Gasteiger partial charge >= 0.3 is 0 Å². The number of hydrogen-bond donors (Lipinski definition) is 1. The molecule has 0 aromatic carbocycles. The molecule has 1 N–H and O–H groups in total. The van der Waals surface area contributed by atoms with Crippen molar-refractivity contribution in [2.45, 2.75) is 71.1 Å². The summed E-state index contributed by atoms with van der Waals surface area (Å²) in [5, 5.41) is 3.41. The highest BCUT2D eigenvalue weighted by Gasteiger charge is 2.36. The van der Waals surface area contributed by atoms with Gasteiger partial charge in [0.1, 0.15) is 0 Å². The Bertz CT molecular complexity index is 272. The Kier molecular flexibility index (Phi) is 5.27. The van der Waals surface area contributed by atoms with E-state index in [1.165, 1.54) is 38.8 Å². The van der Waals surface area contributed by atoms with Crippen molar-refractivity contribution in [3.05, 3.63) is 0 Å². The van der Waals surface area contributed by atoms with Crippen molar-refractivity contribution in [1.82, 2.24) is 10.2 Å². The number of ether oxygens (including phenoxy) is 1. The summed E-state index contributed by atoms with van der Waals surface area (Å²) in [5.41, 5.74) is 0.292. The molecule has 19 heavy (non-hydrogen) atoms. The number of likely N-dealkylation sites (tertiary alicyclic amines) is 1. The maximum Gasteiger partial charge on any atom is 0.0608 e. The predicted octanol–water partition coefficient (Wildman–Crippen LogP) is 2.65. The molecule has 3 heteroatoms. The molecule has 112 valence electrons. The van der Waals surface area contributed by atoms with E-state index < -0.39 is 0 Å². The predicted molar refractivity (Wildman–Crippen MR) is 80.5 cm³/mol. The molecule has 0 aromatic rings. The lowest BCUT2D eigenvalue weighted by atomic mass is 9.87. The van der Waals surface area contributed by atoms with Gasteiger partial charge in [0.2, 0.25) is 0 Å². The summed E-state index contributed by atoms with van der Waals surface area (Å²) in [7, 11) is 0. The van der Waals surface area contributed by atoms with Gasteiger partial charge in [-0.05, 0) is 58.5 Å². The van der Waals surface area contributed by atoms with E-state index in [9.17, 15) is 0 Å². The van der Waals surface area contributed by atoms with Crippen molar-refractivity contribution in [2.75, 3.05) is 26.2 Å². The smallest absolute Gasteiger partial charge is 0.0608 e. The number of rotatable bonds is 4. The largest absolute Gasteiger partial charge is 0.375 e. The third kappa shape index (κ3) is 4.44. The average molecular weight is 268 g/mol. The van der Waals surface area contributed by atoms with Crippen molar-refractivity contribution in [3.63, 3.8) is 0 Å². The number of nitrogens with one attached hydrogen (secondary N) is 1. The van der Waals surface area contributed by atoms with E-state index in [0.717, 1.165) is 19.0 Å². The molecule has 0 spiro atoms. The lowest BCUT2D eigenvalue weighted by molar-refractivity contribution is -0.0862. The number of nitrogens with zero attached hydrogens (tertiary/aromatic N) is 1. The third-order valence-electron chi connectivity index (χ3n) is 4.56. The van der Waals surface area contributed by atoms with E-state index in [-0.39, 0.29) is 0 Å². The second-order valence-corrected chi connectivity index (χ2v) is 7.35. The molecule has 2 fully saturated rings. The first-order chi connectivity index (χ1) is 8.97. The first kappa shape index (κ1) is 15.3. The van der Waals surface area contributed by atoms with Gasteiger partial charge in [0, 0.05) is 18.6 Å². The minimum atomic E-state index is 0.292. The van der Waals surface area contributed by atoms with Gasteiger partial charge in [0.05, 0.1) is 12.2 Å². The highest BCUT2D eigenvalue weighted by molar-refractivity contribution is 4.91. The second-order valence-electron chi connectivity index (χ2n) is 7.35. The van der Waals surface area contributed by atoms with E-state index in [0.29, 0.717) is 17.7 Å². The van der Waals surface area contributed by atoms with Crippen LogP contribution in [-0.2, 0) is 4.74 Å². The molecule has 0 radical (unpaired) electrons. The average Bonchev–Trinajstić information content (AvgIpc) is 2.33. The molecule has 3 nitrogen and oxygen atoms in total. The van der Waals surface area contributed by atoms with Gasteiger partial charge in [-0.1, -0.05) is 13.8 Å². The van der Waals surface area contributed by atoms with Gasteiger partial charge in [-0.2, -0.15) is 0 Å². The monoisotopic (exact) mass is 268 g/mol. The molecule has 0 bridgehead atoms. The molecule has 0 saturated carbocycles. The summed E-state index contributed by atoms with van der Waals surface area (Å²) in [4.78, 5) is 2.65. The summed E-state index contributed by atoms with van der Waals surface area (Å²) in [6.07, 6.45) is 5.74. The van der Waals surface area contributed by atoms with Crippen LogP contribution in [0.2, 0.25) is 0 Å². The topological polar surface area (TPSA) is 24.5 Å². The van der Waals surface area contributed by atoms with Crippen LogP contribution in [0.5, 0.6) is 0 Å². The van der Waals surface area contributed by atoms with Crippen LogP contribution in [0.25, 0.3) is 0 Å². The Balaban J connectivity index is 1.83. The van der Waals surface area contributed by atoms with Gasteiger partial charge in [-0.25, -0.2) is 0 Å². The molecule has 2 saturated heterocycles. The van der Waals surface area contributed by atoms with Gasteiger partial charge in [-0.15, -0.1) is 0 Å². The van der Waals surface area contributed by atoms with Crippen molar-refractivity contribution >= 4 is 0 Å². The molecule has 2 rings (SSSR count). The van der Waals surface area contributed by atoms with E-state index in [1.54, 1.807) is 0 Å². The fourth-order valence-electron chi connectivity index (χ4n) is 3.49. The lowest BCUT2D eigenvalue weighted by Crippen LogP contribution is -2.53. The van der Waals surface area contributed by atoms with E-state index >= 15 is 0 Å². The summed E-state index contributed by atoms with van der Waals surface area (Å²) < 4.78 is 6.35. The maximum atomic E-state index is 6.35. The van der Waals surface area contributed by atoms with Crippen LogP contribution in [0.1, 0.15) is 53.4 Å². The van der Waals surface area contributed by atoms with Gasteiger partial charge in [-0.3, -0.25) is 4.90 Å². The van der Waals surface area contributed by atoms with Crippen molar-refractivity contribution < 1.29 is 4.74 Å². The lowest BCUT2D eigenvalue weighted by Gasteiger charge is -2.47. The third-order valence-corrected chi connectivity index (χ3v) is 4.56. The zero-order chi connectivity index (χ0) is 13.9. The van der Waals surface area contributed by atoms with Crippen LogP contribution in [-0.4, -0.2) is 48.8 Å². The zero-order valence-corrected chi connectivity index (χ0v) is 13.2. The summed E-state index contributed by atoms with van der Waals surface area (Å²) >= 11 is 0. The van der Waals surface area contributed by atoms with Crippen LogP contribution >= 0.6 is 0 Å². The summed E-state index contributed by atoms with van der Waals surface area (Å²) in [6, 6.07) is 0. The van der Waals surface area contributed by atoms with Crippen LogP contribution in [0.3, 0.4) is 0 Å². The van der Waals surface area contributed by atoms with Gasteiger partial charge < -0.3 is 10.1 Å². The fraction of sp³-hybridized carbons (Fsp3) is 1.00. The Labute approximate surface area is 119 Å². The Morgan fingerprint density at radius 3 is 2.42 bits per heavy atom. The highest BCUT2D eigenvalue weighted by Crippen LogP contribution is 2.31. The van der Waals surface area contributed by atoms with Gasteiger partial charge in [0.15, 0.2) is 0 Å². The van der Waals surface area contributed by atoms with Crippen molar-refractivity contribution in [3.8, 4) is 0 Å². The molecule has 0 aromatic heterocycles. The summed E-state index contributed by atoms with van der Waals surface area (Å²) in [5.74, 6) is 0.751. The Hall–Kier alpha value is -0.120. The molecular formula is C16H32N2O. The molecule has 2 heterocycles. The minimum absolute atomic E-state index is 0.292. The van der Waals surface area contributed by atoms with Crippen LogP contribution < -0.4 is 5.32 Å². The fourth-order valence-corrected chi connectivity index (χ4v) is 3.49. The molecule has 0 amide bonds. The van der Waals surface area contributed by atoms with Gasteiger partial charge in [0.25, 0.3) is 0 Å². The first-order valence-electron chi connectivity index (χ1n) is 8.08. The second kappa shape index (κ2) is 6.55. The zero-order valence-electron chi connectivity index (χ0n) is 13.2. The number of hydrogen-bond acceptors (Lipinski definition) is 3. The quantitative estimate of drug-likeness (QED) is 0.848. The molecule has 0 aliphatic carbocycles. The van der Waals surface area contributed by atoms with E-state index in [1.807, 2.05) is 0 Å². The standard InChI is InChI=1S/C16H32N2O/c1-13(2)12-18-10-7-15(11-16(18,3)4)19-14-5-8-17-9-6-14/h13-15,17H,5-12H2,1-4H3. The van der Waals surface area contributed by atoms with E-state index in [2.05, 4.69) is 37.9 Å². The Morgan fingerprint density at radius 2 is 1.84 bits per heavy atom. The number of piperidine rings is 2. The molecular weight excluding hydrogens is 236 g/mol. The molecule has 2 aliphatic heterocycles. The van der Waals surface area contributed by atoms with Crippen LogP contribution in [0.15, 0.2) is 0 Å². The maximum absolute atomic E-state index is 6.35. The van der Waals surface area contributed by atoms with Crippen molar-refractivity contribution in [2.24, 2.45) is 5.92 Å². The van der Waals surface area contributed by atoms with Crippen LogP contribution in [0.4, 0.5) is 0 Å². The first-order valence-corrected chi connectivity index (χ1v) is 8.08. The molecule has 2 aliphatic rings. The Morgan fingerprint density at radius 1 is 1.16 bits per heavy atom. The highest BCUT2D eigenvalue weighted by atomic mass is 16.5. The van der Waals surface area contributed by atoms with Crippen LogP contribution in [0, 0.1) is 5.92 Å².